The molecule has 0 aliphatic carbocycles. The highest BCUT2D eigenvalue weighted by molar-refractivity contribution is 6.14. The SMILES string of the molecule is c1ccc(-c2cccc(-c3nc(-c4ccc(-c5cncc6ccccc56)cc4)cc(-c4cccc(-c5cc6ccccc6c6ccccc56)c4)n3)c2)cc1.c1ccc2cc(-c3ccc(-c4cc(-c5ccc(-c6cncc7ccccc67)cc5)nc(-c5ccc(-c6cccc7ccccc67)cc5)n4)cc3)ccc2c1. The van der Waals surface area contributed by atoms with Crippen molar-refractivity contribution >= 4 is 64.6 Å². The van der Waals surface area contributed by atoms with Gasteiger partial charge in [0.25, 0.3) is 0 Å². The van der Waals surface area contributed by atoms with Gasteiger partial charge < -0.3 is 0 Å². The highest BCUT2D eigenvalue weighted by Gasteiger charge is 2.18. The van der Waals surface area contributed by atoms with Gasteiger partial charge in [-0.2, -0.15) is 0 Å². The van der Waals surface area contributed by atoms with Gasteiger partial charge in [-0.3, -0.25) is 9.97 Å². The van der Waals surface area contributed by atoms with Crippen LogP contribution < -0.4 is 0 Å². The van der Waals surface area contributed by atoms with Crippen molar-refractivity contribution in [1.29, 1.82) is 0 Å². The maximum Gasteiger partial charge on any atom is 0.160 e. The third kappa shape index (κ3) is 12.8. The molecule has 108 heavy (non-hydrogen) atoms. The molecule has 4 aromatic heterocycles. The molecule has 6 nitrogen and oxygen atoms in total. The maximum absolute atomic E-state index is 5.26. The summed E-state index contributed by atoms with van der Waals surface area (Å²) in [6, 6.07) is 133. The minimum atomic E-state index is 0.684. The predicted octanol–water partition coefficient (Wildman–Crippen LogP) is 26.7. The second-order valence-electron chi connectivity index (χ2n) is 27.4. The fraction of sp³-hybridized carbons (Fsp3) is 0. The summed E-state index contributed by atoms with van der Waals surface area (Å²) in [5.74, 6) is 1.37. The van der Waals surface area contributed by atoms with Crippen molar-refractivity contribution in [2.75, 3.05) is 0 Å². The van der Waals surface area contributed by atoms with E-state index in [0.29, 0.717) is 11.6 Å². The third-order valence-electron chi connectivity index (χ3n) is 20.7. The molecule has 0 amide bonds. The lowest BCUT2D eigenvalue weighted by molar-refractivity contribution is 1.18. The minimum Gasteiger partial charge on any atom is -0.263 e. The Bertz CT molecular complexity index is 6620. The molecule has 0 aliphatic heterocycles. The molecular formula is C102H66N6. The normalized spacial score (nSPS) is 11.3. The smallest absolute Gasteiger partial charge is 0.160 e. The number of aromatic nitrogens is 6. The van der Waals surface area contributed by atoms with Gasteiger partial charge in [0.1, 0.15) is 0 Å². The van der Waals surface area contributed by atoms with Gasteiger partial charge in [0, 0.05) is 80.1 Å². The molecule has 4 heterocycles. The zero-order valence-corrected chi connectivity index (χ0v) is 58.8. The van der Waals surface area contributed by atoms with Crippen LogP contribution in [0.1, 0.15) is 0 Å². The molecular weight excluding hydrogens is 1310 g/mol. The Morgan fingerprint density at radius 2 is 0.500 bits per heavy atom. The minimum absolute atomic E-state index is 0.684. The molecule has 0 N–H and O–H groups in total. The topological polar surface area (TPSA) is 77.3 Å². The van der Waals surface area contributed by atoms with Gasteiger partial charge in [-0.25, -0.2) is 19.9 Å². The molecule has 504 valence electrons. The van der Waals surface area contributed by atoms with E-state index in [9.17, 15) is 0 Å². The van der Waals surface area contributed by atoms with E-state index in [4.69, 9.17) is 19.9 Å². The molecule has 0 fully saturated rings. The summed E-state index contributed by atoms with van der Waals surface area (Å²) < 4.78 is 0. The van der Waals surface area contributed by atoms with Crippen molar-refractivity contribution in [3.8, 4) is 135 Å². The summed E-state index contributed by atoms with van der Waals surface area (Å²) in [4.78, 5) is 29.9. The number of benzene rings is 16. The van der Waals surface area contributed by atoms with Crippen LogP contribution in [0.5, 0.6) is 0 Å². The van der Waals surface area contributed by atoms with Gasteiger partial charge >= 0.3 is 0 Å². The molecule has 0 spiro atoms. The molecule has 20 aromatic rings. The summed E-state index contributed by atoms with van der Waals surface area (Å²) >= 11 is 0. The van der Waals surface area contributed by atoms with Gasteiger partial charge in [0.2, 0.25) is 0 Å². The van der Waals surface area contributed by atoms with E-state index in [2.05, 4.69) is 380 Å². The van der Waals surface area contributed by atoms with Crippen molar-refractivity contribution in [3.63, 3.8) is 0 Å². The molecule has 0 saturated carbocycles. The summed E-state index contributed by atoms with van der Waals surface area (Å²) in [6.45, 7) is 0. The van der Waals surface area contributed by atoms with Crippen molar-refractivity contribution in [1.82, 2.24) is 29.9 Å². The Hall–Kier alpha value is -14.5. The van der Waals surface area contributed by atoms with E-state index >= 15 is 0 Å². The summed E-state index contributed by atoms with van der Waals surface area (Å²) in [5.41, 5.74) is 23.4. The molecule has 0 radical (unpaired) electrons. The van der Waals surface area contributed by atoms with Crippen LogP contribution in [0.4, 0.5) is 0 Å². The van der Waals surface area contributed by atoms with Crippen LogP contribution in [0.15, 0.2) is 401 Å². The molecule has 0 aliphatic rings. The Morgan fingerprint density at radius 3 is 1.10 bits per heavy atom. The number of hydrogen-bond acceptors (Lipinski definition) is 6. The zero-order chi connectivity index (χ0) is 71.7. The van der Waals surface area contributed by atoms with Crippen LogP contribution >= 0.6 is 0 Å². The molecule has 0 unspecified atom stereocenters. The number of pyridine rings is 2. The molecule has 20 rings (SSSR count). The van der Waals surface area contributed by atoms with Crippen LogP contribution in [-0.4, -0.2) is 29.9 Å². The largest absolute Gasteiger partial charge is 0.263 e. The number of hydrogen-bond donors (Lipinski definition) is 0. The lowest BCUT2D eigenvalue weighted by Gasteiger charge is -2.14. The van der Waals surface area contributed by atoms with E-state index in [1.165, 1.54) is 76.1 Å². The predicted molar refractivity (Wildman–Crippen MR) is 450 cm³/mol. The molecule has 0 bridgehead atoms. The summed E-state index contributed by atoms with van der Waals surface area (Å²) in [5, 5.41) is 14.5. The van der Waals surface area contributed by atoms with Gasteiger partial charge in [-0.15, -0.1) is 0 Å². The number of fused-ring (bicyclic) bond motifs is 7. The molecule has 16 aromatic carbocycles. The first-order chi connectivity index (χ1) is 53.5. The van der Waals surface area contributed by atoms with E-state index < -0.39 is 0 Å². The second-order valence-corrected chi connectivity index (χ2v) is 27.4. The molecule has 6 heteroatoms. The molecule has 0 saturated heterocycles. The van der Waals surface area contributed by atoms with Gasteiger partial charge in [0.15, 0.2) is 11.6 Å². The van der Waals surface area contributed by atoms with Gasteiger partial charge in [-0.05, 0) is 146 Å². The van der Waals surface area contributed by atoms with Crippen molar-refractivity contribution in [2.45, 2.75) is 0 Å². The fourth-order valence-electron chi connectivity index (χ4n) is 15.2. The molecule has 0 atom stereocenters. The van der Waals surface area contributed by atoms with Crippen molar-refractivity contribution < 1.29 is 0 Å². The number of rotatable bonds is 12. The van der Waals surface area contributed by atoms with Gasteiger partial charge in [-0.1, -0.05) is 340 Å². The standard InChI is InChI=1S/2C51H33N3/c1-2-10-42-30-43(29-18-34(42)8-1)35-16-23-39(24-17-35)49-31-50(40-25-19-38(20-26-40)48-33-52-32-44-11-4-6-14-47(44)48)54-51(53-49)41-27-21-37(22-28-41)46-15-7-12-36-9-3-5-13-45(36)46;1-2-12-34(13-3-1)37-16-10-19-41(28-37)51-53-49(36-26-24-35(25-27-36)48-33-52-32-42-15-5-7-21-44(42)48)31-50(54-51)40-18-11-17-38(29-40)47-30-39-14-4-6-20-43(39)45-22-8-9-23-46(45)47/h2*1-33H. The van der Waals surface area contributed by atoms with E-state index in [-0.39, 0.29) is 0 Å². The first kappa shape index (κ1) is 64.4. The van der Waals surface area contributed by atoms with Crippen molar-refractivity contribution in [3.05, 3.63) is 401 Å². The van der Waals surface area contributed by atoms with Gasteiger partial charge in [0.05, 0.1) is 22.8 Å². The first-order valence-electron chi connectivity index (χ1n) is 36.5. The highest BCUT2D eigenvalue weighted by Crippen LogP contribution is 2.41. The lowest BCUT2D eigenvalue weighted by atomic mass is 9.92. The average molecular weight is 1380 g/mol. The van der Waals surface area contributed by atoms with Crippen LogP contribution in [0.3, 0.4) is 0 Å². The van der Waals surface area contributed by atoms with E-state index in [0.717, 1.165) is 111 Å². The van der Waals surface area contributed by atoms with Crippen LogP contribution in [0, 0.1) is 0 Å². The Kier molecular flexibility index (Phi) is 16.9. The Morgan fingerprint density at radius 1 is 0.139 bits per heavy atom. The fourth-order valence-corrected chi connectivity index (χ4v) is 15.2. The Labute approximate surface area is 626 Å². The summed E-state index contributed by atoms with van der Waals surface area (Å²) in [7, 11) is 0. The van der Waals surface area contributed by atoms with Crippen LogP contribution in [0.2, 0.25) is 0 Å². The highest BCUT2D eigenvalue weighted by atomic mass is 14.9. The monoisotopic (exact) mass is 1370 g/mol. The Balaban J connectivity index is 0.000000147. The first-order valence-corrected chi connectivity index (χ1v) is 36.5. The van der Waals surface area contributed by atoms with Crippen molar-refractivity contribution in [2.24, 2.45) is 0 Å². The lowest BCUT2D eigenvalue weighted by Crippen LogP contribution is -1.96. The summed E-state index contributed by atoms with van der Waals surface area (Å²) in [6.07, 6.45) is 7.73. The average Bonchev–Trinajstić information content (AvgIpc) is 0.707. The van der Waals surface area contributed by atoms with Crippen LogP contribution in [-0.2, 0) is 0 Å². The van der Waals surface area contributed by atoms with E-state index in [1.807, 2.05) is 30.9 Å². The zero-order valence-electron chi connectivity index (χ0n) is 58.8. The maximum atomic E-state index is 5.26. The third-order valence-corrected chi connectivity index (χ3v) is 20.7. The number of nitrogens with zero attached hydrogens (tertiary/aromatic N) is 6. The second kappa shape index (κ2) is 28.3. The van der Waals surface area contributed by atoms with Crippen LogP contribution in [0.25, 0.3) is 199 Å². The quantitative estimate of drug-likeness (QED) is 0.113. The van der Waals surface area contributed by atoms with E-state index in [1.54, 1.807) is 0 Å².